The number of carbonyl (C=O) groups is 1. The summed E-state index contributed by atoms with van der Waals surface area (Å²) in [5.41, 5.74) is 5.76. The Labute approximate surface area is 119 Å². The number of nitrogens with two attached hydrogens (primary N) is 1. The molecule has 0 fully saturated rings. The summed E-state index contributed by atoms with van der Waals surface area (Å²) in [5, 5.41) is 11.4. The van der Waals surface area contributed by atoms with Crippen molar-refractivity contribution in [2.45, 2.75) is 19.4 Å². The molecule has 104 valence electrons. The number of halogens is 2. The lowest BCUT2D eigenvalue weighted by Gasteiger charge is -2.25. The van der Waals surface area contributed by atoms with Gasteiger partial charge in [0.25, 0.3) is 5.91 Å². The Bertz CT molecular complexity index is 508. The van der Waals surface area contributed by atoms with E-state index in [2.05, 4.69) is 21.1 Å². The summed E-state index contributed by atoms with van der Waals surface area (Å²) in [5.74, 6) is -0.647. The summed E-state index contributed by atoms with van der Waals surface area (Å²) in [6, 6.07) is 3.62. The van der Waals surface area contributed by atoms with Crippen LogP contribution in [0.4, 0.5) is 4.39 Å². The maximum absolute atomic E-state index is 13.0. The third-order valence-electron chi connectivity index (χ3n) is 2.78. The molecule has 0 spiro atoms. The molecule has 1 amide bonds. The van der Waals surface area contributed by atoms with Gasteiger partial charge in [-0.3, -0.25) is 4.79 Å². The van der Waals surface area contributed by atoms with Crippen LogP contribution < -0.4 is 5.73 Å². The van der Waals surface area contributed by atoms with Gasteiger partial charge in [-0.15, -0.1) is 0 Å². The van der Waals surface area contributed by atoms with Crippen LogP contribution in [0, 0.1) is 5.82 Å². The zero-order valence-corrected chi connectivity index (χ0v) is 12.2. The molecule has 1 aromatic rings. The van der Waals surface area contributed by atoms with E-state index in [9.17, 15) is 9.18 Å². The molecule has 0 saturated carbocycles. The highest BCUT2D eigenvalue weighted by Crippen LogP contribution is 2.20. The number of hydrogen-bond acceptors (Lipinski definition) is 3. The molecule has 0 saturated heterocycles. The molecule has 3 N–H and O–H groups in total. The van der Waals surface area contributed by atoms with Crippen molar-refractivity contribution in [1.82, 2.24) is 4.90 Å². The van der Waals surface area contributed by atoms with Crippen LogP contribution in [0.15, 0.2) is 27.8 Å². The van der Waals surface area contributed by atoms with Gasteiger partial charge < -0.3 is 15.8 Å². The third kappa shape index (κ3) is 3.92. The average Bonchev–Trinajstić information content (AvgIpc) is 2.36. The number of nitrogens with zero attached hydrogens (tertiary/aromatic N) is 2. The van der Waals surface area contributed by atoms with Gasteiger partial charge in [-0.2, -0.15) is 0 Å². The largest absolute Gasteiger partial charge is 0.409 e. The molecular formula is C12H15BrFN3O2. The second-order valence-electron chi connectivity index (χ2n) is 4.18. The monoisotopic (exact) mass is 331 g/mol. The molecule has 5 nitrogen and oxygen atoms in total. The molecule has 0 aliphatic carbocycles. The van der Waals surface area contributed by atoms with Crippen molar-refractivity contribution >= 4 is 27.7 Å². The van der Waals surface area contributed by atoms with Crippen LogP contribution in [0.3, 0.4) is 0 Å². The van der Waals surface area contributed by atoms with E-state index in [1.54, 1.807) is 14.0 Å². The molecular weight excluding hydrogens is 317 g/mol. The van der Waals surface area contributed by atoms with Gasteiger partial charge in [0.15, 0.2) is 0 Å². The standard InChI is InChI=1S/C12H15BrFN3O2/c1-7(5-11(15)16-19)17(2)12(18)9-4-3-8(14)6-10(9)13/h3-4,6-7,19H,5H2,1-2H3,(H2,15,16). The van der Waals surface area contributed by atoms with Crippen LogP contribution in [0.1, 0.15) is 23.7 Å². The molecule has 1 rings (SSSR count). The van der Waals surface area contributed by atoms with Gasteiger partial charge in [0.2, 0.25) is 0 Å². The molecule has 0 heterocycles. The summed E-state index contributed by atoms with van der Waals surface area (Å²) in [7, 11) is 1.60. The summed E-state index contributed by atoms with van der Waals surface area (Å²) >= 11 is 3.15. The van der Waals surface area contributed by atoms with Crippen LogP contribution in [0.5, 0.6) is 0 Å². The minimum Gasteiger partial charge on any atom is -0.409 e. The smallest absolute Gasteiger partial charge is 0.254 e. The van der Waals surface area contributed by atoms with E-state index in [0.29, 0.717) is 10.0 Å². The zero-order chi connectivity index (χ0) is 14.6. The van der Waals surface area contributed by atoms with E-state index in [4.69, 9.17) is 10.9 Å². The van der Waals surface area contributed by atoms with E-state index < -0.39 is 5.82 Å². The summed E-state index contributed by atoms with van der Waals surface area (Å²) < 4.78 is 13.4. The van der Waals surface area contributed by atoms with Gasteiger partial charge in [0, 0.05) is 24.0 Å². The number of amides is 1. The molecule has 7 heteroatoms. The minimum atomic E-state index is -0.421. The van der Waals surface area contributed by atoms with Crippen LogP contribution in [-0.2, 0) is 0 Å². The maximum atomic E-state index is 13.0. The van der Waals surface area contributed by atoms with Gasteiger partial charge in [0.1, 0.15) is 11.7 Å². The second kappa shape index (κ2) is 6.51. The normalized spacial score (nSPS) is 13.2. The molecule has 1 aromatic carbocycles. The predicted molar refractivity (Wildman–Crippen MR) is 73.7 cm³/mol. The van der Waals surface area contributed by atoms with Gasteiger partial charge in [0.05, 0.1) is 5.56 Å². The summed E-state index contributed by atoms with van der Waals surface area (Å²) in [6.45, 7) is 1.77. The fourth-order valence-corrected chi connectivity index (χ4v) is 2.05. The topological polar surface area (TPSA) is 78.9 Å². The first kappa shape index (κ1) is 15.4. The first-order chi connectivity index (χ1) is 8.86. The number of amidine groups is 1. The Morgan fingerprint density at radius 2 is 2.26 bits per heavy atom. The quantitative estimate of drug-likeness (QED) is 0.384. The van der Waals surface area contributed by atoms with Crippen molar-refractivity contribution in [1.29, 1.82) is 0 Å². The van der Waals surface area contributed by atoms with Crippen LogP contribution in [-0.4, -0.2) is 34.9 Å². The maximum Gasteiger partial charge on any atom is 0.254 e. The van der Waals surface area contributed by atoms with Crippen molar-refractivity contribution < 1.29 is 14.4 Å². The van der Waals surface area contributed by atoms with Crippen LogP contribution in [0.2, 0.25) is 0 Å². The Balaban J connectivity index is 2.87. The Morgan fingerprint density at radius 3 is 2.79 bits per heavy atom. The molecule has 1 unspecified atom stereocenters. The highest BCUT2D eigenvalue weighted by Gasteiger charge is 2.20. The van der Waals surface area contributed by atoms with E-state index in [-0.39, 0.29) is 24.2 Å². The van der Waals surface area contributed by atoms with E-state index in [1.807, 2.05) is 0 Å². The van der Waals surface area contributed by atoms with Crippen LogP contribution >= 0.6 is 15.9 Å². The number of rotatable bonds is 4. The third-order valence-corrected chi connectivity index (χ3v) is 3.43. The van der Waals surface area contributed by atoms with Crippen LogP contribution in [0.25, 0.3) is 0 Å². The van der Waals surface area contributed by atoms with Crippen molar-refractivity contribution in [3.8, 4) is 0 Å². The van der Waals surface area contributed by atoms with Gasteiger partial charge in [-0.1, -0.05) is 5.16 Å². The van der Waals surface area contributed by atoms with E-state index in [1.165, 1.54) is 23.1 Å². The molecule has 0 aliphatic rings. The molecule has 0 aromatic heterocycles. The summed E-state index contributed by atoms with van der Waals surface area (Å²) in [6.07, 6.45) is 0.248. The molecule has 0 aliphatic heterocycles. The van der Waals surface area contributed by atoms with Gasteiger partial charge in [-0.05, 0) is 41.1 Å². The number of benzene rings is 1. The number of hydrogen-bond donors (Lipinski definition) is 2. The Hall–Kier alpha value is -1.63. The van der Waals surface area contributed by atoms with Crippen molar-refractivity contribution in [3.63, 3.8) is 0 Å². The fraction of sp³-hybridized carbons (Fsp3) is 0.333. The lowest BCUT2D eigenvalue weighted by molar-refractivity contribution is 0.0746. The zero-order valence-electron chi connectivity index (χ0n) is 10.6. The number of oxime groups is 1. The molecule has 0 bridgehead atoms. The lowest BCUT2D eigenvalue weighted by Crippen LogP contribution is -2.38. The van der Waals surface area contributed by atoms with Crippen molar-refractivity contribution in [2.24, 2.45) is 10.9 Å². The Morgan fingerprint density at radius 1 is 1.63 bits per heavy atom. The van der Waals surface area contributed by atoms with E-state index >= 15 is 0 Å². The van der Waals surface area contributed by atoms with Gasteiger partial charge in [-0.25, -0.2) is 4.39 Å². The second-order valence-corrected chi connectivity index (χ2v) is 5.04. The SMILES string of the molecule is CC(CC(N)=NO)N(C)C(=O)c1ccc(F)cc1Br. The molecule has 0 radical (unpaired) electrons. The van der Waals surface area contributed by atoms with Crippen molar-refractivity contribution in [3.05, 3.63) is 34.1 Å². The molecule has 19 heavy (non-hydrogen) atoms. The Kier molecular flexibility index (Phi) is 5.29. The first-order valence-corrected chi connectivity index (χ1v) is 6.34. The fourth-order valence-electron chi connectivity index (χ4n) is 1.53. The predicted octanol–water partition coefficient (Wildman–Crippen LogP) is 2.19. The highest BCUT2D eigenvalue weighted by molar-refractivity contribution is 9.10. The lowest BCUT2D eigenvalue weighted by atomic mass is 10.1. The molecule has 1 atom stereocenters. The van der Waals surface area contributed by atoms with Crippen molar-refractivity contribution in [2.75, 3.05) is 7.05 Å². The van der Waals surface area contributed by atoms with Gasteiger partial charge >= 0.3 is 0 Å². The average molecular weight is 332 g/mol. The number of carbonyl (C=O) groups excluding carboxylic acids is 1. The van der Waals surface area contributed by atoms with E-state index in [0.717, 1.165) is 0 Å². The summed E-state index contributed by atoms with van der Waals surface area (Å²) in [4.78, 5) is 13.7. The highest BCUT2D eigenvalue weighted by atomic mass is 79.9. The first-order valence-electron chi connectivity index (χ1n) is 5.55. The minimum absolute atomic E-state index is 0.0466.